The van der Waals surface area contributed by atoms with Gasteiger partial charge in [-0.15, -0.1) is 0 Å². The van der Waals surface area contributed by atoms with Crippen molar-refractivity contribution in [2.45, 2.75) is 19.4 Å². The summed E-state index contributed by atoms with van der Waals surface area (Å²) in [5, 5.41) is 10.1. The summed E-state index contributed by atoms with van der Waals surface area (Å²) in [6, 6.07) is 7.08. The Morgan fingerprint density at radius 3 is 2.95 bits per heavy atom. The number of carbonyl (C=O) groups is 1. The number of benzene rings is 1. The van der Waals surface area contributed by atoms with E-state index in [0.717, 1.165) is 0 Å². The van der Waals surface area contributed by atoms with Gasteiger partial charge < -0.3 is 14.7 Å². The van der Waals surface area contributed by atoms with Crippen LogP contribution in [0, 0.1) is 5.92 Å². The maximum Gasteiger partial charge on any atom is 0.260 e. The molecule has 1 aromatic carbocycles. The van der Waals surface area contributed by atoms with Gasteiger partial charge in [0.05, 0.1) is 11.1 Å². The third-order valence-electron chi connectivity index (χ3n) is 3.40. The van der Waals surface area contributed by atoms with Crippen molar-refractivity contribution >= 4 is 17.5 Å². The van der Waals surface area contributed by atoms with Crippen LogP contribution in [0.4, 0.5) is 0 Å². The third kappa shape index (κ3) is 3.61. The summed E-state index contributed by atoms with van der Waals surface area (Å²) in [6.45, 7) is 3.08. The van der Waals surface area contributed by atoms with Crippen LogP contribution in [0.5, 0.6) is 5.75 Å². The fourth-order valence-corrected chi connectivity index (χ4v) is 2.34. The Morgan fingerprint density at radius 1 is 1.53 bits per heavy atom. The summed E-state index contributed by atoms with van der Waals surface area (Å²) >= 11 is 5.95. The number of carbonyl (C=O) groups excluding carboxylic acids is 1. The van der Waals surface area contributed by atoms with Gasteiger partial charge in [-0.1, -0.05) is 30.7 Å². The summed E-state index contributed by atoms with van der Waals surface area (Å²) in [6.07, 6.45) is 0.312. The van der Waals surface area contributed by atoms with Gasteiger partial charge >= 0.3 is 0 Å². The fourth-order valence-electron chi connectivity index (χ4n) is 2.15. The van der Waals surface area contributed by atoms with Crippen molar-refractivity contribution in [1.82, 2.24) is 4.90 Å². The van der Waals surface area contributed by atoms with E-state index in [2.05, 4.69) is 0 Å². The number of hydrogen-bond acceptors (Lipinski definition) is 3. The van der Waals surface area contributed by atoms with Crippen LogP contribution in [-0.4, -0.2) is 41.7 Å². The molecule has 1 fully saturated rings. The molecule has 1 aromatic rings. The zero-order valence-electron chi connectivity index (χ0n) is 10.9. The largest absolute Gasteiger partial charge is 0.482 e. The lowest BCUT2D eigenvalue weighted by atomic mass is 9.97. The molecule has 0 radical (unpaired) electrons. The van der Waals surface area contributed by atoms with Crippen molar-refractivity contribution in [1.29, 1.82) is 0 Å². The van der Waals surface area contributed by atoms with Gasteiger partial charge in [0.1, 0.15) is 5.75 Å². The maximum absolute atomic E-state index is 12.0. The summed E-state index contributed by atoms with van der Waals surface area (Å²) < 4.78 is 5.43. The molecule has 19 heavy (non-hydrogen) atoms. The second-order valence-corrected chi connectivity index (χ2v) is 5.30. The van der Waals surface area contributed by atoms with E-state index in [-0.39, 0.29) is 24.5 Å². The van der Waals surface area contributed by atoms with E-state index in [1.807, 2.05) is 19.1 Å². The molecular weight excluding hydrogens is 266 g/mol. The first-order chi connectivity index (χ1) is 9.08. The number of piperidine rings is 1. The Kier molecular flexibility index (Phi) is 4.66. The molecule has 0 spiro atoms. The summed E-state index contributed by atoms with van der Waals surface area (Å²) in [7, 11) is 0. The topological polar surface area (TPSA) is 49.8 Å². The molecule has 2 rings (SSSR count). The molecule has 0 aromatic heterocycles. The minimum Gasteiger partial charge on any atom is -0.482 e. The van der Waals surface area contributed by atoms with E-state index < -0.39 is 0 Å². The Hall–Kier alpha value is -1.26. The van der Waals surface area contributed by atoms with Gasteiger partial charge in [-0.2, -0.15) is 0 Å². The molecule has 0 saturated carbocycles. The van der Waals surface area contributed by atoms with Gasteiger partial charge in [-0.25, -0.2) is 0 Å². The lowest BCUT2D eigenvalue weighted by Crippen LogP contribution is -2.46. The first kappa shape index (κ1) is 14.2. The van der Waals surface area contributed by atoms with E-state index in [9.17, 15) is 9.90 Å². The molecule has 2 atom stereocenters. The highest BCUT2D eigenvalue weighted by Crippen LogP contribution is 2.23. The molecule has 1 saturated heterocycles. The molecule has 5 heteroatoms. The van der Waals surface area contributed by atoms with Gasteiger partial charge in [-0.3, -0.25) is 4.79 Å². The quantitative estimate of drug-likeness (QED) is 0.922. The van der Waals surface area contributed by atoms with Gasteiger partial charge in [0.15, 0.2) is 6.61 Å². The maximum atomic E-state index is 12.0. The highest BCUT2D eigenvalue weighted by atomic mass is 35.5. The van der Waals surface area contributed by atoms with Gasteiger partial charge in [0.25, 0.3) is 5.91 Å². The normalized spacial score (nSPS) is 23.2. The number of para-hydroxylation sites is 1. The van der Waals surface area contributed by atoms with Crippen LogP contribution in [0.3, 0.4) is 0 Å². The molecule has 1 aliphatic rings. The van der Waals surface area contributed by atoms with E-state index >= 15 is 0 Å². The summed E-state index contributed by atoms with van der Waals surface area (Å²) in [5.74, 6) is 0.555. The van der Waals surface area contributed by atoms with Crippen LogP contribution in [0.25, 0.3) is 0 Å². The number of rotatable bonds is 3. The average Bonchev–Trinajstić information content (AvgIpc) is 2.40. The van der Waals surface area contributed by atoms with E-state index in [1.165, 1.54) is 0 Å². The molecule has 1 aliphatic heterocycles. The number of ether oxygens (including phenoxy) is 1. The number of hydrogen-bond donors (Lipinski definition) is 1. The molecule has 2 unspecified atom stereocenters. The zero-order valence-corrected chi connectivity index (χ0v) is 11.6. The average molecular weight is 284 g/mol. The van der Waals surface area contributed by atoms with Crippen LogP contribution >= 0.6 is 11.6 Å². The van der Waals surface area contributed by atoms with Gasteiger partial charge in [0.2, 0.25) is 0 Å². The number of aliphatic hydroxyl groups is 1. The van der Waals surface area contributed by atoms with Crippen molar-refractivity contribution in [3.05, 3.63) is 29.3 Å². The summed E-state index contributed by atoms with van der Waals surface area (Å²) in [5.41, 5.74) is 0. The van der Waals surface area contributed by atoms with E-state index in [1.54, 1.807) is 17.0 Å². The Morgan fingerprint density at radius 2 is 2.26 bits per heavy atom. The Labute approximate surface area is 117 Å². The van der Waals surface area contributed by atoms with E-state index in [4.69, 9.17) is 16.3 Å². The zero-order chi connectivity index (χ0) is 13.8. The highest BCUT2D eigenvalue weighted by molar-refractivity contribution is 6.32. The van der Waals surface area contributed by atoms with Gasteiger partial charge in [-0.05, 0) is 24.5 Å². The first-order valence-electron chi connectivity index (χ1n) is 6.41. The Bertz CT molecular complexity index is 452. The van der Waals surface area contributed by atoms with Crippen LogP contribution < -0.4 is 4.74 Å². The van der Waals surface area contributed by atoms with Crippen molar-refractivity contribution in [2.75, 3.05) is 19.7 Å². The smallest absolute Gasteiger partial charge is 0.260 e. The SMILES string of the molecule is CC1CN(C(=O)COc2ccccc2Cl)CCC1O. The third-order valence-corrected chi connectivity index (χ3v) is 3.71. The number of nitrogens with zero attached hydrogens (tertiary/aromatic N) is 1. The lowest BCUT2D eigenvalue weighted by Gasteiger charge is -2.34. The lowest BCUT2D eigenvalue weighted by molar-refractivity contribution is -0.136. The number of aliphatic hydroxyl groups excluding tert-OH is 1. The second-order valence-electron chi connectivity index (χ2n) is 4.89. The molecular formula is C14H18ClNO3. The van der Waals surface area contributed by atoms with Gasteiger partial charge in [0, 0.05) is 13.1 Å². The summed E-state index contributed by atoms with van der Waals surface area (Å²) in [4.78, 5) is 13.7. The standard InChI is InChI=1S/C14H18ClNO3/c1-10-8-16(7-6-12(10)17)14(18)9-19-13-5-3-2-4-11(13)15/h2-5,10,12,17H,6-9H2,1H3. The monoisotopic (exact) mass is 283 g/mol. The van der Waals surface area contributed by atoms with Crippen molar-refractivity contribution < 1.29 is 14.6 Å². The molecule has 4 nitrogen and oxygen atoms in total. The van der Waals surface area contributed by atoms with Crippen LogP contribution in [0.2, 0.25) is 5.02 Å². The predicted molar refractivity (Wildman–Crippen MR) is 73.3 cm³/mol. The number of amides is 1. The molecule has 1 amide bonds. The van der Waals surface area contributed by atoms with Crippen LogP contribution in [0.15, 0.2) is 24.3 Å². The van der Waals surface area contributed by atoms with Crippen molar-refractivity contribution in [3.63, 3.8) is 0 Å². The second kappa shape index (κ2) is 6.26. The minimum atomic E-state index is -0.312. The number of likely N-dealkylation sites (tertiary alicyclic amines) is 1. The van der Waals surface area contributed by atoms with Crippen molar-refractivity contribution in [3.8, 4) is 5.75 Å². The molecule has 0 bridgehead atoms. The predicted octanol–water partition coefficient (Wildman–Crippen LogP) is 1.95. The first-order valence-corrected chi connectivity index (χ1v) is 6.79. The molecule has 0 aliphatic carbocycles. The fraction of sp³-hybridized carbons (Fsp3) is 0.500. The number of halogens is 1. The highest BCUT2D eigenvalue weighted by Gasteiger charge is 2.27. The van der Waals surface area contributed by atoms with E-state index in [0.29, 0.717) is 30.3 Å². The molecule has 104 valence electrons. The molecule has 1 heterocycles. The van der Waals surface area contributed by atoms with Crippen molar-refractivity contribution in [2.24, 2.45) is 5.92 Å². The van der Waals surface area contributed by atoms with Crippen LogP contribution in [-0.2, 0) is 4.79 Å². The molecule has 1 N–H and O–H groups in total. The minimum absolute atomic E-state index is 0.0213. The Balaban J connectivity index is 1.87. The van der Waals surface area contributed by atoms with Crippen LogP contribution in [0.1, 0.15) is 13.3 Å².